The minimum Gasteiger partial charge on any atom is -0.402 e. The van der Waals surface area contributed by atoms with Gasteiger partial charge >= 0.3 is 0 Å². The van der Waals surface area contributed by atoms with Gasteiger partial charge in [-0.15, -0.1) is 0 Å². The SMILES string of the molecule is C=C(/C(F)=C\N)/C(NC(C)C)=C(/C=CC(F)CC)C(=CCC)/C=C\C. The lowest BCUT2D eigenvalue weighted by Crippen LogP contribution is -2.25. The molecule has 0 saturated carbocycles. The molecule has 25 heavy (non-hydrogen) atoms. The highest BCUT2D eigenvalue weighted by molar-refractivity contribution is 5.56. The van der Waals surface area contributed by atoms with Crippen LogP contribution in [-0.2, 0) is 0 Å². The molecule has 3 N–H and O–H groups in total. The third-order valence-electron chi connectivity index (χ3n) is 3.38. The van der Waals surface area contributed by atoms with Gasteiger partial charge in [0.1, 0.15) is 12.0 Å². The second-order valence-electron chi connectivity index (χ2n) is 5.93. The van der Waals surface area contributed by atoms with Crippen molar-refractivity contribution in [2.75, 3.05) is 0 Å². The second-order valence-corrected chi connectivity index (χ2v) is 5.93. The van der Waals surface area contributed by atoms with E-state index in [2.05, 4.69) is 11.9 Å². The standard InChI is InChI=1S/C21H32F2N2/c1-7-10-17(11-8-2)19(13-12-18(22)9-3)21(25-15(4)5)16(6)20(23)14-24/h7,10-15,18,25H,6,8-9,24H2,1-5H3/b10-7-,13-12?,17-11?,20-14+,21-19+. The molecule has 0 aromatic rings. The third-order valence-corrected chi connectivity index (χ3v) is 3.38. The Labute approximate surface area is 151 Å². The largest absolute Gasteiger partial charge is 0.402 e. The molecule has 0 aliphatic carbocycles. The highest BCUT2D eigenvalue weighted by atomic mass is 19.1. The van der Waals surface area contributed by atoms with E-state index in [4.69, 9.17) is 5.73 Å². The van der Waals surface area contributed by atoms with Crippen LogP contribution in [0.3, 0.4) is 0 Å². The van der Waals surface area contributed by atoms with E-state index in [1.807, 2.05) is 45.9 Å². The summed E-state index contributed by atoms with van der Waals surface area (Å²) in [6.45, 7) is 13.4. The van der Waals surface area contributed by atoms with Crippen LogP contribution in [0.25, 0.3) is 0 Å². The van der Waals surface area contributed by atoms with E-state index < -0.39 is 12.0 Å². The molecule has 140 valence electrons. The van der Waals surface area contributed by atoms with Crippen molar-refractivity contribution in [1.29, 1.82) is 0 Å². The zero-order valence-electron chi connectivity index (χ0n) is 16.1. The topological polar surface area (TPSA) is 38.0 Å². The third kappa shape index (κ3) is 8.01. The Hall–Kier alpha value is -2.10. The predicted molar refractivity (Wildman–Crippen MR) is 105 cm³/mol. The van der Waals surface area contributed by atoms with Gasteiger partial charge in [-0.25, -0.2) is 8.78 Å². The van der Waals surface area contributed by atoms with Crippen LogP contribution in [0.5, 0.6) is 0 Å². The van der Waals surface area contributed by atoms with Gasteiger partial charge in [0.05, 0.1) is 5.70 Å². The van der Waals surface area contributed by atoms with Gasteiger partial charge in [0.25, 0.3) is 0 Å². The zero-order valence-corrected chi connectivity index (χ0v) is 16.1. The molecule has 4 heteroatoms. The first-order valence-electron chi connectivity index (χ1n) is 8.75. The fourth-order valence-corrected chi connectivity index (χ4v) is 2.16. The average molecular weight is 350 g/mol. The van der Waals surface area contributed by atoms with Crippen LogP contribution >= 0.6 is 0 Å². The molecule has 0 spiro atoms. The van der Waals surface area contributed by atoms with Crippen molar-refractivity contribution in [2.45, 2.75) is 59.7 Å². The van der Waals surface area contributed by atoms with Gasteiger partial charge in [0.15, 0.2) is 0 Å². The fourth-order valence-electron chi connectivity index (χ4n) is 2.16. The normalized spacial score (nSPS) is 15.8. The van der Waals surface area contributed by atoms with Crippen LogP contribution in [0.1, 0.15) is 47.5 Å². The summed E-state index contributed by atoms with van der Waals surface area (Å²) in [6.07, 6.45) is 10.00. The molecular formula is C21H32F2N2. The van der Waals surface area contributed by atoms with Gasteiger partial charge in [-0.1, -0.05) is 50.8 Å². The first-order chi connectivity index (χ1) is 11.8. The van der Waals surface area contributed by atoms with Gasteiger partial charge in [-0.3, -0.25) is 0 Å². The lowest BCUT2D eigenvalue weighted by Gasteiger charge is -2.20. The van der Waals surface area contributed by atoms with E-state index >= 15 is 0 Å². The van der Waals surface area contributed by atoms with Crippen LogP contribution < -0.4 is 11.1 Å². The van der Waals surface area contributed by atoms with E-state index in [1.54, 1.807) is 13.0 Å². The number of hydrogen-bond acceptors (Lipinski definition) is 2. The van der Waals surface area contributed by atoms with Crippen molar-refractivity contribution >= 4 is 0 Å². The molecule has 0 bridgehead atoms. The Kier molecular flexibility index (Phi) is 11.3. The molecule has 0 radical (unpaired) electrons. The molecule has 1 unspecified atom stereocenters. The highest BCUT2D eigenvalue weighted by Crippen LogP contribution is 2.27. The Bertz CT molecular complexity index is 579. The summed E-state index contributed by atoms with van der Waals surface area (Å²) >= 11 is 0. The zero-order chi connectivity index (χ0) is 19.4. The maximum Gasteiger partial charge on any atom is 0.147 e. The fraction of sp³-hybridized carbons (Fsp3) is 0.429. The van der Waals surface area contributed by atoms with Crippen LogP contribution in [0.4, 0.5) is 8.78 Å². The number of rotatable bonds is 10. The quantitative estimate of drug-likeness (QED) is 0.490. The molecule has 0 heterocycles. The lowest BCUT2D eigenvalue weighted by molar-refractivity contribution is 0.390. The number of nitrogens with two attached hydrogens (primary N) is 1. The number of allylic oxidation sites excluding steroid dienone is 8. The van der Waals surface area contributed by atoms with E-state index in [9.17, 15) is 8.78 Å². The summed E-state index contributed by atoms with van der Waals surface area (Å²) in [6, 6.07) is 0.0431. The highest BCUT2D eigenvalue weighted by Gasteiger charge is 2.16. The van der Waals surface area contributed by atoms with Gasteiger partial charge in [-0.05, 0) is 39.2 Å². The van der Waals surface area contributed by atoms with Crippen molar-refractivity contribution in [3.05, 3.63) is 71.4 Å². The van der Waals surface area contributed by atoms with Crippen LogP contribution in [0.2, 0.25) is 0 Å². The Morgan fingerprint density at radius 1 is 1.24 bits per heavy atom. The van der Waals surface area contributed by atoms with Crippen molar-refractivity contribution < 1.29 is 8.78 Å². The molecule has 0 aliphatic rings. The lowest BCUT2D eigenvalue weighted by atomic mass is 9.96. The molecule has 0 amide bonds. The molecule has 0 aromatic heterocycles. The van der Waals surface area contributed by atoms with Crippen molar-refractivity contribution in [1.82, 2.24) is 5.32 Å². The summed E-state index contributed by atoms with van der Waals surface area (Å²) in [7, 11) is 0. The van der Waals surface area contributed by atoms with E-state index in [0.717, 1.165) is 18.2 Å². The smallest absolute Gasteiger partial charge is 0.147 e. The number of hydrogen-bond donors (Lipinski definition) is 2. The number of halogens is 2. The van der Waals surface area contributed by atoms with Gasteiger partial charge in [-0.2, -0.15) is 0 Å². The minimum absolute atomic E-state index is 0.0431. The Balaban J connectivity index is 6.53. The van der Waals surface area contributed by atoms with Crippen molar-refractivity contribution in [3.63, 3.8) is 0 Å². The molecular weight excluding hydrogens is 318 g/mol. The summed E-state index contributed by atoms with van der Waals surface area (Å²) in [5.41, 5.74) is 7.54. The minimum atomic E-state index is -1.06. The first kappa shape index (κ1) is 22.9. The maximum atomic E-state index is 14.1. The molecule has 0 aromatic carbocycles. The monoisotopic (exact) mass is 350 g/mol. The van der Waals surface area contributed by atoms with Crippen molar-refractivity contribution in [3.8, 4) is 0 Å². The maximum absolute atomic E-state index is 14.1. The van der Waals surface area contributed by atoms with Crippen LogP contribution in [0.15, 0.2) is 71.4 Å². The van der Waals surface area contributed by atoms with Crippen LogP contribution in [0, 0.1) is 0 Å². The Morgan fingerprint density at radius 2 is 1.88 bits per heavy atom. The predicted octanol–water partition coefficient (Wildman–Crippen LogP) is 5.78. The molecule has 0 fully saturated rings. The van der Waals surface area contributed by atoms with E-state index in [-0.39, 0.29) is 11.6 Å². The van der Waals surface area contributed by atoms with E-state index in [0.29, 0.717) is 17.7 Å². The Morgan fingerprint density at radius 3 is 2.32 bits per heavy atom. The molecule has 0 saturated heterocycles. The molecule has 0 aliphatic heterocycles. The number of nitrogens with one attached hydrogen (secondary N) is 1. The molecule has 2 nitrogen and oxygen atoms in total. The molecule has 0 rings (SSSR count). The van der Waals surface area contributed by atoms with Crippen molar-refractivity contribution in [2.24, 2.45) is 5.73 Å². The molecule has 1 atom stereocenters. The van der Waals surface area contributed by atoms with Gasteiger partial charge in [0, 0.05) is 23.4 Å². The van der Waals surface area contributed by atoms with Gasteiger partial charge < -0.3 is 11.1 Å². The summed E-state index contributed by atoms with van der Waals surface area (Å²) in [4.78, 5) is 0. The number of alkyl halides is 1. The first-order valence-corrected chi connectivity index (χ1v) is 8.75. The van der Waals surface area contributed by atoms with Gasteiger partial charge in [0.2, 0.25) is 0 Å². The summed E-state index contributed by atoms with van der Waals surface area (Å²) in [5.74, 6) is -0.613. The summed E-state index contributed by atoms with van der Waals surface area (Å²) < 4.78 is 27.9. The summed E-state index contributed by atoms with van der Waals surface area (Å²) in [5, 5.41) is 3.23. The van der Waals surface area contributed by atoms with Crippen LogP contribution in [-0.4, -0.2) is 12.2 Å². The average Bonchev–Trinajstić information content (AvgIpc) is 2.59. The second kappa shape index (κ2) is 12.3. The van der Waals surface area contributed by atoms with E-state index in [1.165, 1.54) is 6.08 Å².